The van der Waals surface area contributed by atoms with Crippen LogP contribution in [0.3, 0.4) is 0 Å². The van der Waals surface area contributed by atoms with E-state index in [1.807, 2.05) is 13.8 Å². The summed E-state index contributed by atoms with van der Waals surface area (Å²) in [6, 6.07) is 5.06. The number of rotatable bonds is 5. The highest BCUT2D eigenvalue weighted by Gasteiger charge is 2.37. The Balaban J connectivity index is 2.52. The average molecular weight is 382 g/mol. The summed E-state index contributed by atoms with van der Waals surface area (Å²) in [4.78, 5) is 26.9. The summed E-state index contributed by atoms with van der Waals surface area (Å²) in [5.41, 5.74) is 1.93. The molecule has 0 fully saturated rings. The minimum Gasteiger partial charge on any atom is -0.462 e. The van der Waals surface area contributed by atoms with E-state index >= 15 is 0 Å². The molecule has 6 heteroatoms. The second-order valence-corrected chi connectivity index (χ2v) is 7.04. The Hall–Kier alpha value is -1.78. The third-order valence-electron chi connectivity index (χ3n) is 3.79. The molecule has 0 saturated heterocycles. The third-order valence-corrected chi connectivity index (χ3v) is 4.53. The van der Waals surface area contributed by atoms with Gasteiger partial charge in [-0.3, -0.25) is 4.79 Å². The van der Waals surface area contributed by atoms with E-state index in [1.165, 1.54) is 0 Å². The van der Waals surface area contributed by atoms with Crippen molar-refractivity contribution >= 4 is 41.2 Å². The van der Waals surface area contributed by atoms with Crippen molar-refractivity contribution in [3.63, 3.8) is 0 Å². The maximum Gasteiger partial charge on any atom is 0.340 e. The Morgan fingerprint density at radius 1 is 1.28 bits per heavy atom. The molecule has 0 radical (unpaired) electrons. The van der Waals surface area contributed by atoms with Gasteiger partial charge in [-0.25, -0.2) is 4.79 Å². The van der Waals surface area contributed by atoms with E-state index in [2.05, 4.69) is 0 Å². The largest absolute Gasteiger partial charge is 0.462 e. The van der Waals surface area contributed by atoms with Crippen molar-refractivity contribution in [1.82, 2.24) is 4.90 Å². The van der Waals surface area contributed by atoms with Crippen LogP contribution in [0.1, 0.15) is 33.3 Å². The summed E-state index contributed by atoms with van der Waals surface area (Å²) in [5.74, 6) is -0.432. The van der Waals surface area contributed by atoms with Crippen molar-refractivity contribution in [3.05, 3.63) is 50.7 Å². The number of nitrogens with zero attached hydrogens (tertiary/aromatic N) is 1. The van der Waals surface area contributed by atoms with E-state index in [1.54, 1.807) is 43.0 Å². The van der Waals surface area contributed by atoms with Crippen LogP contribution in [0, 0.1) is 5.92 Å². The number of carbonyl (C=O) groups excluding carboxylic acids is 2. The Morgan fingerprint density at radius 3 is 2.52 bits per heavy atom. The van der Waals surface area contributed by atoms with Crippen LogP contribution in [-0.4, -0.2) is 29.9 Å². The van der Waals surface area contributed by atoms with Gasteiger partial charge < -0.3 is 9.64 Å². The van der Waals surface area contributed by atoms with Crippen molar-refractivity contribution < 1.29 is 14.3 Å². The number of esters is 1. The van der Waals surface area contributed by atoms with Gasteiger partial charge in [-0.1, -0.05) is 43.1 Å². The lowest BCUT2D eigenvalue weighted by Gasteiger charge is -2.19. The van der Waals surface area contributed by atoms with E-state index in [0.717, 1.165) is 0 Å². The van der Waals surface area contributed by atoms with Crippen LogP contribution in [0.25, 0.3) is 6.08 Å². The molecule has 0 spiro atoms. The van der Waals surface area contributed by atoms with Crippen molar-refractivity contribution in [2.24, 2.45) is 5.92 Å². The second-order valence-electron chi connectivity index (χ2n) is 6.22. The molecule has 1 aromatic rings. The number of amides is 1. The number of halogens is 2. The highest BCUT2D eigenvalue weighted by Crippen LogP contribution is 2.33. The summed E-state index contributed by atoms with van der Waals surface area (Å²) < 4.78 is 5.14. The molecule has 4 nitrogen and oxygen atoms in total. The standard InChI is InChI=1S/C19H21Cl2NO3/c1-5-25-19(24)17-12(4)22(10-11(2)3)18(23)14(17)8-13-6-7-15(20)16(21)9-13/h6-9,11H,5,10H2,1-4H3/b14-8-. The molecule has 0 unspecified atom stereocenters. The summed E-state index contributed by atoms with van der Waals surface area (Å²) >= 11 is 12.0. The molecule has 0 atom stereocenters. The first-order valence-electron chi connectivity index (χ1n) is 8.13. The highest BCUT2D eigenvalue weighted by molar-refractivity contribution is 6.42. The van der Waals surface area contributed by atoms with Gasteiger partial charge in [-0.2, -0.15) is 0 Å². The van der Waals surface area contributed by atoms with Crippen LogP contribution in [-0.2, 0) is 14.3 Å². The molecule has 1 aliphatic heterocycles. The monoisotopic (exact) mass is 381 g/mol. The molecule has 1 amide bonds. The molecule has 1 heterocycles. The lowest BCUT2D eigenvalue weighted by atomic mass is 10.0. The third kappa shape index (κ3) is 4.25. The normalized spacial score (nSPS) is 16.4. The Labute approximate surface area is 158 Å². The van der Waals surface area contributed by atoms with Gasteiger partial charge in [0.25, 0.3) is 5.91 Å². The minimum atomic E-state index is -0.495. The predicted molar refractivity (Wildman–Crippen MR) is 100 cm³/mol. The minimum absolute atomic E-state index is 0.208. The molecule has 0 saturated carbocycles. The van der Waals surface area contributed by atoms with Crippen molar-refractivity contribution in [2.75, 3.05) is 13.2 Å². The van der Waals surface area contributed by atoms with Crippen molar-refractivity contribution in [2.45, 2.75) is 27.7 Å². The molecular weight excluding hydrogens is 361 g/mol. The van der Waals surface area contributed by atoms with E-state index in [9.17, 15) is 9.59 Å². The lowest BCUT2D eigenvalue weighted by Crippen LogP contribution is -2.28. The van der Waals surface area contributed by atoms with Gasteiger partial charge in [-0.05, 0) is 43.5 Å². The summed E-state index contributed by atoms with van der Waals surface area (Å²) in [7, 11) is 0. The zero-order valence-electron chi connectivity index (χ0n) is 14.7. The molecule has 0 bridgehead atoms. The number of allylic oxidation sites excluding steroid dienone is 1. The fourth-order valence-corrected chi connectivity index (χ4v) is 2.99. The smallest absolute Gasteiger partial charge is 0.340 e. The van der Waals surface area contributed by atoms with Crippen LogP contribution >= 0.6 is 23.2 Å². The van der Waals surface area contributed by atoms with E-state index < -0.39 is 5.97 Å². The molecular formula is C19H21Cl2NO3. The van der Waals surface area contributed by atoms with Crippen LogP contribution in [0.4, 0.5) is 0 Å². The molecule has 0 N–H and O–H groups in total. The molecule has 134 valence electrons. The van der Waals surface area contributed by atoms with Crippen LogP contribution in [0.15, 0.2) is 35.0 Å². The first-order chi connectivity index (χ1) is 11.8. The zero-order valence-corrected chi connectivity index (χ0v) is 16.2. The molecule has 1 aromatic carbocycles. The van der Waals surface area contributed by atoms with Crippen molar-refractivity contribution in [3.8, 4) is 0 Å². The quantitative estimate of drug-likeness (QED) is 0.547. The van der Waals surface area contributed by atoms with Crippen LogP contribution in [0.2, 0.25) is 10.0 Å². The van der Waals surface area contributed by atoms with Crippen molar-refractivity contribution in [1.29, 1.82) is 0 Å². The summed E-state index contributed by atoms with van der Waals surface area (Å²) in [6.07, 6.45) is 1.65. The van der Waals surface area contributed by atoms with Gasteiger partial charge in [0, 0.05) is 12.2 Å². The maximum atomic E-state index is 12.9. The van der Waals surface area contributed by atoms with Gasteiger partial charge in [0.15, 0.2) is 0 Å². The predicted octanol–water partition coefficient (Wildman–Crippen LogP) is 4.71. The summed E-state index contributed by atoms with van der Waals surface area (Å²) in [6.45, 7) is 8.32. The van der Waals surface area contributed by atoms with Gasteiger partial charge in [0.1, 0.15) is 0 Å². The van der Waals surface area contributed by atoms with Gasteiger partial charge >= 0.3 is 5.97 Å². The summed E-state index contributed by atoms with van der Waals surface area (Å²) in [5, 5.41) is 0.819. The molecule has 2 rings (SSSR count). The first-order valence-corrected chi connectivity index (χ1v) is 8.88. The Bertz CT molecular complexity index is 766. The Morgan fingerprint density at radius 2 is 1.96 bits per heavy atom. The Kier molecular flexibility index (Phi) is 6.31. The fourth-order valence-electron chi connectivity index (χ4n) is 2.68. The molecule has 0 aromatic heterocycles. The topological polar surface area (TPSA) is 46.6 Å². The SMILES string of the molecule is CCOC(=O)C1=C(C)N(CC(C)C)C(=O)/C1=C\c1ccc(Cl)c(Cl)c1. The number of ether oxygens (including phenoxy) is 1. The first kappa shape index (κ1) is 19.5. The van der Waals surface area contributed by atoms with Gasteiger partial charge in [0.05, 0.1) is 27.8 Å². The maximum absolute atomic E-state index is 12.9. The number of hydrogen-bond acceptors (Lipinski definition) is 3. The lowest BCUT2D eigenvalue weighted by molar-refractivity contribution is -0.138. The van der Waals surface area contributed by atoms with E-state index in [-0.39, 0.29) is 18.4 Å². The van der Waals surface area contributed by atoms with Crippen LogP contribution in [0.5, 0.6) is 0 Å². The molecule has 25 heavy (non-hydrogen) atoms. The van der Waals surface area contributed by atoms with Crippen LogP contribution < -0.4 is 0 Å². The second kappa shape index (κ2) is 8.07. The van der Waals surface area contributed by atoms with E-state index in [4.69, 9.17) is 27.9 Å². The zero-order chi connectivity index (χ0) is 18.7. The van der Waals surface area contributed by atoms with Gasteiger partial charge in [-0.15, -0.1) is 0 Å². The number of benzene rings is 1. The number of carbonyl (C=O) groups is 2. The molecule has 1 aliphatic rings. The fraction of sp³-hybridized carbons (Fsp3) is 0.368. The van der Waals surface area contributed by atoms with Gasteiger partial charge in [0.2, 0.25) is 0 Å². The number of hydrogen-bond donors (Lipinski definition) is 0. The highest BCUT2D eigenvalue weighted by atomic mass is 35.5. The average Bonchev–Trinajstić information content (AvgIpc) is 2.75. The molecule has 0 aliphatic carbocycles. The van der Waals surface area contributed by atoms with E-state index in [0.29, 0.717) is 39.0 Å².